The van der Waals surface area contributed by atoms with Gasteiger partial charge in [-0.1, -0.05) is 11.6 Å². The van der Waals surface area contributed by atoms with Crippen LogP contribution in [0.3, 0.4) is 0 Å². The number of piperidine rings is 1. The van der Waals surface area contributed by atoms with E-state index in [-0.39, 0.29) is 47.0 Å². The summed E-state index contributed by atoms with van der Waals surface area (Å²) >= 11 is 6.48. The molecule has 12 nitrogen and oxygen atoms in total. The zero-order valence-electron chi connectivity index (χ0n) is 23.2. The molecular weight excluding hydrogens is 548 g/mol. The van der Waals surface area contributed by atoms with Crippen LogP contribution in [0.4, 0.5) is 11.8 Å². The third kappa shape index (κ3) is 5.90. The number of aliphatic hydroxyl groups excluding tert-OH is 1. The highest BCUT2D eigenvalue weighted by Gasteiger charge is 2.37. The highest BCUT2D eigenvalue weighted by atomic mass is 35.5. The molecule has 5 rings (SSSR count). The van der Waals surface area contributed by atoms with Crippen molar-refractivity contribution in [2.75, 3.05) is 43.9 Å². The number of carbonyl (C=O) groups is 2. The summed E-state index contributed by atoms with van der Waals surface area (Å²) in [5.74, 6) is 0.322. The molecule has 0 saturated carbocycles. The Bertz CT molecular complexity index is 1510. The monoisotopic (exact) mass is 580 g/mol. The van der Waals surface area contributed by atoms with E-state index in [2.05, 4.69) is 30.2 Å². The maximum absolute atomic E-state index is 13.7. The molecule has 0 radical (unpaired) electrons. The van der Waals surface area contributed by atoms with Gasteiger partial charge in [0.2, 0.25) is 5.95 Å². The van der Waals surface area contributed by atoms with Crippen LogP contribution in [0, 0.1) is 13.8 Å². The highest BCUT2D eigenvalue weighted by Crippen LogP contribution is 2.41. The van der Waals surface area contributed by atoms with Crippen LogP contribution in [0.1, 0.15) is 51.4 Å². The number of methoxy groups -OCH3 is 1. The molecule has 0 atom stereocenters. The lowest BCUT2D eigenvalue weighted by atomic mass is 10.1. The van der Waals surface area contributed by atoms with E-state index in [1.807, 2.05) is 13.8 Å². The van der Waals surface area contributed by atoms with Gasteiger partial charge in [-0.2, -0.15) is 4.98 Å². The van der Waals surface area contributed by atoms with E-state index in [9.17, 15) is 14.7 Å². The molecule has 2 amide bonds. The number of amides is 2. The number of H-pyrrole nitrogens is 1. The number of pyridine rings is 1. The van der Waals surface area contributed by atoms with Gasteiger partial charge < -0.3 is 30.8 Å². The second-order valence-corrected chi connectivity index (χ2v) is 10.6. The summed E-state index contributed by atoms with van der Waals surface area (Å²) in [7, 11) is 1.59. The topological polar surface area (TPSA) is 163 Å². The van der Waals surface area contributed by atoms with E-state index in [1.165, 1.54) is 4.90 Å². The number of fused-ring (bicyclic) bond motifs is 1. The molecule has 1 saturated heterocycles. The van der Waals surface area contributed by atoms with Crippen LogP contribution < -0.4 is 20.7 Å². The molecule has 0 unspecified atom stereocenters. The average Bonchev–Trinajstić information content (AvgIpc) is 3.50. The minimum absolute atomic E-state index is 0.0514. The van der Waals surface area contributed by atoms with Gasteiger partial charge in [-0.05, 0) is 44.9 Å². The normalized spacial score (nSPS) is 16.9. The summed E-state index contributed by atoms with van der Waals surface area (Å²) in [4.78, 5) is 46.1. The van der Waals surface area contributed by atoms with Crippen LogP contribution >= 0.6 is 11.6 Å². The molecule has 0 spiro atoms. The largest absolute Gasteiger partial charge is 0.496 e. The minimum Gasteiger partial charge on any atom is -0.496 e. The first-order valence-electron chi connectivity index (χ1n) is 13.4. The molecule has 3 aromatic heterocycles. The lowest BCUT2D eigenvalue weighted by Gasteiger charge is -2.29. The fourth-order valence-corrected chi connectivity index (χ4v) is 5.50. The van der Waals surface area contributed by atoms with Crippen LogP contribution in [-0.2, 0) is 11.3 Å². The van der Waals surface area contributed by atoms with Gasteiger partial charge in [-0.15, -0.1) is 0 Å². The van der Waals surface area contributed by atoms with Gasteiger partial charge >= 0.3 is 0 Å². The van der Waals surface area contributed by atoms with Gasteiger partial charge in [-0.3, -0.25) is 19.5 Å². The Morgan fingerprint density at radius 3 is 2.78 bits per heavy atom. The fourth-order valence-electron chi connectivity index (χ4n) is 5.22. The first kappa shape index (κ1) is 28.5. The Balaban J connectivity index is 1.36. The molecular formula is C28H33ClN8O4. The summed E-state index contributed by atoms with van der Waals surface area (Å²) in [6.45, 7) is 6.72. The van der Waals surface area contributed by atoms with E-state index in [1.54, 1.807) is 31.5 Å². The number of nitrogens with one attached hydrogen (secondary N) is 2. The smallest absolute Gasteiger partial charge is 0.267 e. The van der Waals surface area contributed by atoms with Gasteiger partial charge in [0.05, 0.1) is 36.6 Å². The zero-order valence-corrected chi connectivity index (χ0v) is 24.0. The summed E-state index contributed by atoms with van der Waals surface area (Å²) in [5.41, 5.74) is 9.75. The van der Waals surface area contributed by atoms with Crippen LogP contribution in [0.15, 0.2) is 18.3 Å². The zero-order chi connectivity index (χ0) is 29.3. The van der Waals surface area contributed by atoms with E-state index < -0.39 is 0 Å². The Morgan fingerprint density at radius 2 is 2.05 bits per heavy atom. The maximum atomic E-state index is 13.7. The van der Waals surface area contributed by atoms with E-state index in [0.29, 0.717) is 41.5 Å². The van der Waals surface area contributed by atoms with Gasteiger partial charge in [0, 0.05) is 49.2 Å². The van der Waals surface area contributed by atoms with Gasteiger partial charge in [0.1, 0.15) is 16.6 Å². The molecule has 2 aliphatic heterocycles. The fraction of sp³-hybridized carbons (Fsp3) is 0.393. The molecule has 1 fully saturated rings. The first-order valence-corrected chi connectivity index (χ1v) is 13.8. The molecule has 5 heterocycles. The number of likely N-dealkylation sites (tertiary alicyclic amines) is 1. The van der Waals surface area contributed by atoms with Crippen molar-refractivity contribution >= 4 is 46.8 Å². The number of nitrogens with two attached hydrogens (primary N) is 1. The molecule has 0 bridgehead atoms. The standard InChI is InChI=1S/C28H33ClN8O4/c1-15-13-32-21(16(2)23(15)41-3)14-37-25-22(24(29)34-28(30)35-25)19(27(37)40)12-17-4-5-20(33-17)26(39)31-8-11-36-9-6-18(38)7-10-36/h4-5,12-13,18,33,38H,6-11,14H2,1-3H3,(H,31,39)(H2,30,34,35)/b19-12-. The summed E-state index contributed by atoms with van der Waals surface area (Å²) in [5, 5.41) is 12.6. The molecule has 0 aliphatic carbocycles. The molecule has 3 aromatic rings. The number of nitrogen functional groups attached to an aromatic ring is 1. The van der Waals surface area contributed by atoms with Crippen LogP contribution in [0.25, 0.3) is 11.6 Å². The minimum atomic E-state index is -0.352. The van der Waals surface area contributed by atoms with Crippen molar-refractivity contribution in [3.8, 4) is 5.75 Å². The average molecular weight is 581 g/mol. The number of anilines is 2. The molecule has 2 aliphatic rings. The van der Waals surface area contributed by atoms with Crippen LogP contribution in [0.2, 0.25) is 5.15 Å². The van der Waals surface area contributed by atoms with Crippen molar-refractivity contribution in [1.29, 1.82) is 0 Å². The number of rotatable bonds is 8. The molecule has 5 N–H and O–H groups in total. The third-order valence-electron chi connectivity index (χ3n) is 7.45. The number of ether oxygens (including phenoxy) is 1. The third-order valence-corrected chi connectivity index (χ3v) is 7.72. The summed E-state index contributed by atoms with van der Waals surface area (Å²) in [6.07, 6.45) is 4.59. The number of halogens is 1. The Hall–Kier alpha value is -4.00. The molecule has 216 valence electrons. The Labute approximate surface area is 242 Å². The summed E-state index contributed by atoms with van der Waals surface area (Å²) in [6, 6.07) is 3.37. The van der Waals surface area contributed by atoms with Crippen LogP contribution in [0.5, 0.6) is 5.75 Å². The van der Waals surface area contributed by atoms with Crippen molar-refractivity contribution in [3.63, 3.8) is 0 Å². The number of hydrogen-bond acceptors (Lipinski definition) is 9. The van der Waals surface area contributed by atoms with Crippen molar-refractivity contribution < 1.29 is 19.4 Å². The van der Waals surface area contributed by atoms with Gasteiger partial charge in [-0.25, -0.2) is 4.98 Å². The van der Waals surface area contributed by atoms with Crippen molar-refractivity contribution in [2.45, 2.75) is 39.3 Å². The number of aryl methyl sites for hydroxylation is 1. The number of nitrogens with zero attached hydrogens (tertiary/aromatic N) is 5. The van der Waals surface area contributed by atoms with Crippen molar-refractivity contribution in [2.24, 2.45) is 0 Å². The number of aromatic nitrogens is 4. The number of hydrogen-bond donors (Lipinski definition) is 4. The lowest BCUT2D eigenvalue weighted by Crippen LogP contribution is -2.40. The summed E-state index contributed by atoms with van der Waals surface area (Å²) < 4.78 is 5.53. The van der Waals surface area contributed by atoms with E-state index in [0.717, 1.165) is 37.1 Å². The highest BCUT2D eigenvalue weighted by molar-refractivity contribution is 6.41. The number of aliphatic hydroxyl groups is 1. The van der Waals surface area contributed by atoms with Crippen molar-refractivity contribution in [1.82, 2.24) is 30.2 Å². The SMILES string of the molecule is COc1c(C)cnc(CN2C(=O)/C(=C\c3ccc(C(=O)NCCN4CCC(O)CC4)[nH]3)c3c(Cl)nc(N)nc32)c1C. The van der Waals surface area contributed by atoms with E-state index >= 15 is 0 Å². The van der Waals surface area contributed by atoms with Gasteiger partial charge in [0.25, 0.3) is 11.8 Å². The lowest BCUT2D eigenvalue weighted by molar-refractivity contribution is -0.113. The second kappa shape index (κ2) is 11.9. The molecule has 0 aromatic carbocycles. The van der Waals surface area contributed by atoms with Gasteiger partial charge in [0.15, 0.2) is 5.82 Å². The quantitative estimate of drug-likeness (QED) is 0.231. The van der Waals surface area contributed by atoms with E-state index in [4.69, 9.17) is 22.1 Å². The first-order chi connectivity index (χ1) is 19.7. The Morgan fingerprint density at radius 1 is 1.29 bits per heavy atom. The van der Waals surface area contributed by atoms with Crippen molar-refractivity contribution in [3.05, 3.63) is 57.3 Å². The van der Waals surface area contributed by atoms with Crippen LogP contribution in [-0.4, -0.2) is 81.1 Å². The second-order valence-electron chi connectivity index (χ2n) is 10.2. The maximum Gasteiger partial charge on any atom is 0.267 e. The Kier molecular flexibility index (Phi) is 8.25. The predicted octanol–water partition coefficient (Wildman–Crippen LogP) is 2.33. The number of carbonyl (C=O) groups excluding carboxylic acids is 2. The molecule has 13 heteroatoms. The predicted molar refractivity (Wildman–Crippen MR) is 156 cm³/mol. The number of aromatic amines is 1. The molecule has 41 heavy (non-hydrogen) atoms.